The zero-order valence-corrected chi connectivity index (χ0v) is 25.8. The highest BCUT2D eigenvalue weighted by atomic mass is 32.2. The smallest absolute Gasteiger partial charge is 0.309 e. The molecule has 3 N–H and O–H groups in total. The van der Waals surface area contributed by atoms with Gasteiger partial charge >= 0.3 is 5.97 Å². The average molecular weight is 611 g/mol. The molecule has 0 aromatic heterocycles. The van der Waals surface area contributed by atoms with Crippen LogP contribution < -0.4 is 10.6 Å². The molecule has 0 saturated carbocycles. The molecule has 0 radical (unpaired) electrons. The summed E-state index contributed by atoms with van der Waals surface area (Å²) in [6.07, 6.45) is 5.61. The van der Waals surface area contributed by atoms with Crippen molar-refractivity contribution in [1.82, 2.24) is 10.6 Å². The second-order valence-corrected chi connectivity index (χ2v) is 11.2. The lowest BCUT2D eigenvalue weighted by Crippen LogP contribution is -2.45. The van der Waals surface area contributed by atoms with E-state index >= 15 is 0 Å². The highest BCUT2D eigenvalue weighted by Crippen LogP contribution is 2.19. The number of carbonyl (C=O) groups is 3. The van der Waals surface area contributed by atoms with Crippen molar-refractivity contribution in [1.29, 1.82) is 0 Å². The quantitative estimate of drug-likeness (QED) is 0.0966. The van der Waals surface area contributed by atoms with Gasteiger partial charge in [0.15, 0.2) is 0 Å². The minimum Gasteiger partial charge on any atom is -0.463 e. The summed E-state index contributed by atoms with van der Waals surface area (Å²) in [6.45, 7) is 8.24. The maximum Gasteiger partial charge on any atom is 0.309 e. The van der Waals surface area contributed by atoms with Crippen LogP contribution in [-0.4, -0.2) is 67.7 Å². The normalized spacial score (nSPS) is 12.9. The lowest BCUT2D eigenvalue weighted by atomic mass is 9.95. The molecule has 0 spiro atoms. The second kappa shape index (κ2) is 22.2. The van der Waals surface area contributed by atoms with Crippen LogP contribution >= 0.6 is 11.8 Å². The number of esters is 1. The summed E-state index contributed by atoms with van der Waals surface area (Å²) in [5, 5.41) is 14.6. The number of allylic oxidation sites excluding steroid dienone is 2. The van der Waals surface area contributed by atoms with Gasteiger partial charge < -0.3 is 25.2 Å². The van der Waals surface area contributed by atoms with E-state index in [0.717, 1.165) is 16.9 Å². The molecule has 2 amide bonds. The van der Waals surface area contributed by atoms with Gasteiger partial charge in [0.1, 0.15) is 6.61 Å². The number of aliphatic hydroxyl groups is 1. The van der Waals surface area contributed by atoms with Gasteiger partial charge in [-0.2, -0.15) is 11.8 Å². The van der Waals surface area contributed by atoms with Gasteiger partial charge in [-0.3, -0.25) is 14.4 Å². The monoisotopic (exact) mass is 610 g/mol. The summed E-state index contributed by atoms with van der Waals surface area (Å²) >= 11 is 1.64. The first kappa shape index (κ1) is 35.8. The molecule has 9 heteroatoms. The van der Waals surface area contributed by atoms with Gasteiger partial charge in [0, 0.05) is 24.5 Å². The Morgan fingerprint density at radius 1 is 0.930 bits per heavy atom. The lowest BCUT2D eigenvalue weighted by Gasteiger charge is -2.23. The van der Waals surface area contributed by atoms with E-state index in [2.05, 4.69) is 23.8 Å². The fourth-order valence-electron chi connectivity index (χ4n) is 4.37. The van der Waals surface area contributed by atoms with Gasteiger partial charge in [-0.1, -0.05) is 72.8 Å². The van der Waals surface area contributed by atoms with E-state index in [-0.39, 0.29) is 63.1 Å². The summed E-state index contributed by atoms with van der Waals surface area (Å²) in [7, 11) is 0. The van der Waals surface area contributed by atoms with Crippen LogP contribution in [0.4, 0.5) is 0 Å². The van der Waals surface area contributed by atoms with Crippen LogP contribution in [0.5, 0.6) is 0 Å². The summed E-state index contributed by atoms with van der Waals surface area (Å²) in [5.41, 5.74) is 2.22. The van der Waals surface area contributed by atoms with E-state index in [0.29, 0.717) is 31.4 Å². The number of nitrogens with one attached hydrogen (secondary N) is 2. The van der Waals surface area contributed by atoms with E-state index in [1.807, 2.05) is 60.7 Å². The van der Waals surface area contributed by atoms with E-state index < -0.39 is 12.0 Å². The summed E-state index contributed by atoms with van der Waals surface area (Å²) < 4.78 is 11.0. The predicted octanol–water partition coefficient (Wildman–Crippen LogP) is 4.48. The molecule has 2 aromatic rings. The van der Waals surface area contributed by atoms with Crippen LogP contribution in [0.25, 0.3) is 0 Å². The number of ether oxygens (including phenoxy) is 2. The van der Waals surface area contributed by atoms with Crippen LogP contribution in [0.15, 0.2) is 86.0 Å². The number of thioether (sulfide) groups is 1. The van der Waals surface area contributed by atoms with Crippen molar-refractivity contribution in [2.45, 2.75) is 43.9 Å². The summed E-state index contributed by atoms with van der Waals surface area (Å²) in [5.74, 6) is -0.544. The number of benzene rings is 2. The van der Waals surface area contributed by atoms with Gasteiger partial charge in [0.05, 0.1) is 37.7 Å². The van der Waals surface area contributed by atoms with Crippen molar-refractivity contribution in [2.24, 2.45) is 11.8 Å². The summed E-state index contributed by atoms with van der Waals surface area (Å²) in [4.78, 5) is 39.1. The Morgan fingerprint density at radius 2 is 1.63 bits per heavy atom. The SMILES string of the molecule is C=CCCC(Cc1ccccc1)C(=O)OCC(CSCc1ccccc1)NC(=O)C(CC=C)CC(=O)NCCOCCO. The summed E-state index contributed by atoms with van der Waals surface area (Å²) in [6, 6.07) is 19.4. The third-order valence-electron chi connectivity index (χ3n) is 6.64. The molecule has 0 heterocycles. The van der Waals surface area contributed by atoms with Crippen LogP contribution in [0, 0.1) is 11.8 Å². The first-order valence-corrected chi connectivity index (χ1v) is 15.9. The number of hydrogen-bond acceptors (Lipinski definition) is 7. The fraction of sp³-hybridized carbons (Fsp3) is 0.441. The molecule has 0 saturated heterocycles. The van der Waals surface area contributed by atoms with Crippen molar-refractivity contribution in [3.63, 3.8) is 0 Å². The van der Waals surface area contributed by atoms with Crippen LogP contribution in [0.2, 0.25) is 0 Å². The molecular weight excluding hydrogens is 564 g/mol. The van der Waals surface area contributed by atoms with E-state index in [4.69, 9.17) is 14.6 Å². The zero-order chi connectivity index (χ0) is 31.1. The minimum absolute atomic E-state index is 0.0117. The molecule has 3 atom stereocenters. The van der Waals surface area contributed by atoms with Gasteiger partial charge in [-0.15, -0.1) is 13.2 Å². The van der Waals surface area contributed by atoms with Crippen molar-refractivity contribution in [3.8, 4) is 0 Å². The highest BCUT2D eigenvalue weighted by Gasteiger charge is 2.26. The molecule has 0 fully saturated rings. The Labute approximate surface area is 260 Å². The highest BCUT2D eigenvalue weighted by molar-refractivity contribution is 7.98. The van der Waals surface area contributed by atoms with Crippen LogP contribution in [0.1, 0.15) is 36.8 Å². The molecular formula is C34H46N2O6S. The largest absolute Gasteiger partial charge is 0.463 e. The molecule has 2 rings (SSSR count). The Morgan fingerprint density at radius 3 is 2.28 bits per heavy atom. The second-order valence-electron chi connectivity index (χ2n) is 10.2. The molecule has 8 nitrogen and oxygen atoms in total. The Kier molecular flexibility index (Phi) is 18.5. The molecule has 3 unspecified atom stereocenters. The average Bonchev–Trinajstić information content (AvgIpc) is 3.02. The van der Waals surface area contributed by atoms with Gasteiger partial charge in [-0.25, -0.2) is 0 Å². The Hall–Kier alpha value is -3.40. The zero-order valence-electron chi connectivity index (χ0n) is 25.0. The third kappa shape index (κ3) is 15.6. The molecule has 0 aliphatic rings. The van der Waals surface area contributed by atoms with Gasteiger partial charge in [-0.05, 0) is 36.8 Å². The van der Waals surface area contributed by atoms with Crippen molar-refractivity contribution >= 4 is 29.5 Å². The molecule has 2 aromatic carbocycles. The number of aliphatic hydroxyl groups excluding tert-OH is 1. The third-order valence-corrected chi connectivity index (χ3v) is 7.81. The van der Waals surface area contributed by atoms with E-state index in [1.165, 1.54) is 0 Å². The number of carbonyl (C=O) groups excluding carboxylic acids is 3. The molecule has 0 bridgehead atoms. The number of rotatable bonds is 23. The molecule has 0 aliphatic heterocycles. The molecule has 43 heavy (non-hydrogen) atoms. The maximum atomic E-state index is 13.3. The van der Waals surface area contributed by atoms with Crippen molar-refractivity contribution in [2.75, 3.05) is 38.7 Å². The number of amides is 2. The Balaban J connectivity index is 2.03. The fourth-order valence-corrected chi connectivity index (χ4v) is 5.38. The lowest BCUT2D eigenvalue weighted by molar-refractivity contribution is -0.150. The van der Waals surface area contributed by atoms with E-state index in [9.17, 15) is 14.4 Å². The topological polar surface area (TPSA) is 114 Å². The molecule has 234 valence electrons. The van der Waals surface area contributed by atoms with Crippen molar-refractivity contribution in [3.05, 3.63) is 97.1 Å². The van der Waals surface area contributed by atoms with Gasteiger partial charge in [0.2, 0.25) is 11.8 Å². The Bertz CT molecular complexity index is 1100. The maximum absolute atomic E-state index is 13.3. The van der Waals surface area contributed by atoms with Crippen molar-refractivity contribution < 1.29 is 29.0 Å². The first-order valence-electron chi connectivity index (χ1n) is 14.8. The minimum atomic E-state index is -0.619. The predicted molar refractivity (Wildman–Crippen MR) is 172 cm³/mol. The standard InChI is InChI=1S/C34H46N2O6S/c1-3-5-17-30(22-27-13-8-6-9-14-27)34(40)42-24-31(26-43-25-28-15-10-7-11-16-28)36-33(39)29(12-4-2)23-32(38)35-18-20-41-21-19-37/h3-4,6-11,13-16,29-31,37H,1-2,5,12,17-26H2,(H,35,38)(H,36,39). The van der Waals surface area contributed by atoms with Gasteiger partial charge in [0.25, 0.3) is 0 Å². The van der Waals surface area contributed by atoms with Crippen LogP contribution in [0.3, 0.4) is 0 Å². The van der Waals surface area contributed by atoms with Crippen LogP contribution in [-0.2, 0) is 36.0 Å². The van der Waals surface area contributed by atoms with E-state index in [1.54, 1.807) is 23.9 Å². The molecule has 0 aliphatic carbocycles. The number of hydrogen-bond donors (Lipinski definition) is 3. The first-order chi connectivity index (χ1) is 21.0.